The van der Waals surface area contributed by atoms with Gasteiger partial charge < -0.3 is 16.4 Å². The Morgan fingerprint density at radius 1 is 1.33 bits per heavy atom. The van der Waals surface area contributed by atoms with Crippen molar-refractivity contribution in [2.75, 3.05) is 37.7 Å². The van der Waals surface area contributed by atoms with Gasteiger partial charge in [0, 0.05) is 24.5 Å². The van der Waals surface area contributed by atoms with Crippen LogP contribution in [0.5, 0.6) is 0 Å². The van der Waals surface area contributed by atoms with Crippen LogP contribution in [0.3, 0.4) is 0 Å². The van der Waals surface area contributed by atoms with Gasteiger partial charge in [0.05, 0.1) is 17.9 Å². The van der Waals surface area contributed by atoms with E-state index in [4.69, 9.17) is 17.3 Å². The highest BCUT2D eigenvalue weighted by molar-refractivity contribution is 6.31. The number of nitrogen functional groups attached to an aromatic ring is 1. The SMILES string of the molecule is CCNC(=O)CN(C)CCC(=O)Nc1cc(Cl)ccc1N. The third-order valence-electron chi connectivity index (χ3n) is 2.80. The molecule has 0 saturated heterocycles. The number of nitrogens with two attached hydrogens (primary N) is 1. The topological polar surface area (TPSA) is 87.5 Å². The summed E-state index contributed by atoms with van der Waals surface area (Å²) in [6.07, 6.45) is 0.266. The Labute approximate surface area is 129 Å². The van der Waals surface area contributed by atoms with Gasteiger partial charge in [0.15, 0.2) is 0 Å². The maximum absolute atomic E-state index is 11.9. The van der Waals surface area contributed by atoms with Crippen LogP contribution >= 0.6 is 11.6 Å². The average Bonchev–Trinajstić information content (AvgIpc) is 2.41. The van der Waals surface area contributed by atoms with Crippen LogP contribution in [-0.2, 0) is 9.59 Å². The van der Waals surface area contributed by atoms with Crippen molar-refractivity contribution in [2.24, 2.45) is 0 Å². The molecule has 0 aliphatic heterocycles. The second kappa shape index (κ2) is 8.49. The number of carbonyl (C=O) groups is 2. The van der Waals surface area contributed by atoms with Crippen molar-refractivity contribution in [3.8, 4) is 0 Å². The minimum Gasteiger partial charge on any atom is -0.397 e. The molecular weight excluding hydrogens is 292 g/mol. The van der Waals surface area contributed by atoms with E-state index in [-0.39, 0.29) is 24.8 Å². The number of anilines is 2. The number of nitrogens with zero attached hydrogens (tertiary/aromatic N) is 1. The first kappa shape index (κ1) is 17.3. The molecule has 4 N–H and O–H groups in total. The number of likely N-dealkylation sites (N-methyl/N-ethyl adjacent to an activating group) is 2. The highest BCUT2D eigenvalue weighted by Crippen LogP contribution is 2.22. The van der Waals surface area contributed by atoms with Crippen LogP contribution in [0.25, 0.3) is 0 Å². The van der Waals surface area contributed by atoms with Crippen LogP contribution < -0.4 is 16.4 Å². The second-order valence-corrected chi connectivity index (χ2v) is 5.16. The van der Waals surface area contributed by atoms with Crippen molar-refractivity contribution in [1.82, 2.24) is 10.2 Å². The Kier molecular flexibility index (Phi) is 6.98. The Bertz CT molecular complexity index is 508. The number of rotatable bonds is 7. The van der Waals surface area contributed by atoms with Gasteiger partial charge in [0.1, 0.15) is 0 Å². The molecule has 0 bridgehead atoms. The summed E-state index contributed by atoms with van der Waals surface area (Å²) in [5.74, 6) is -0.230. The lowest BCUT2D eigenvalue weighted by Gasteiger charge is -2.16. The molecule has 0 aliphatic rings. The van der Waals surface area contributed by atoms with Gasteiger partial charge in [-0.15, -0.1) is 0 Å². The predicted octanol–water partition coefficient (Wildman–Crippen LogP) is 1.32. The maximum atomic E-state index is 11.9. The lowest BCUT2D eigenvalue weighted by atomic mass is 10.2. The first-order valence-corrected chi connectivity index (χ1v) is 7.10. The largest absolute Gasteiger partial charge is 0.397 e. The number of hydrogen-bond acceptors (Lipinski definition) is 4. The van der Waals surface area contributed by atoms with E-state index in [2.05, 4.69) is 10.6 Å². The zero-order valence-electron chi connectivity index (χ0n) is 12.3. The molecule has 2 amide bonds. The van der Waals surface area contributed by atoms with Crippen molar-refractivity contribution in [1.29, 1.82) is 0 Å². The molecule has 1 aromatic carbocycles. The average molecular weight is 313 g/mol. The van der Waals surface area contributed by atoms with Crippen molar-refractivity contribution in [3.63, 3.8) is 0 Å². The number of halogens is 1. The van der Waals surface area contributed by atoms with E-state index in [1.54, 1.807) is 30.1 Å². The van der Waals surface area contributed by atoms with Crippen molar-refractivity contribution in [2.45, 2.75) is 13.3 Å². The third kappa shape index (κ3) is 6.46. The van der Waals surface area contributed by atoms with Gasteiger partial charge in [0.25, 0.3) is 0 Å². The number of carbonyl (C=O) groups excluding carboxylic acids is 2. The summed E-state index contributed by atoms with van der Waals surface area (Å²) in [5.41, 5.74) is 6.72. The van der Waals surface area contributed by atoms with Gasteiger partial charge in [-0.3, -0.25) is 14.5 Å². The fourth-order valence-electron chi connectivity index (χ4n) is 1.72. The molecule has 116 valence electrons. The Morgan fingerprint density at radius 3 is 2.71 bits per heavy atom. The van der Waals surface area contributed by atoms with E-state index in [9.17, 15) is 9.59 Å². The molecule has 1 aromatic rings. The van der Waals surface area contributed by atoms with Crippen LogP contribution in [0.15, 0.2) is 18.2 Å². The summed E-state index contributed by atoms with van der Waals surface area (Å²) < 4.78 is 0. The van der Waals surface area contributed by atoms with Gasteiger partial charge in [-0.25, -0.2) is 0 Å². The Morgan fingerprint density at radius 2 is 2.05 bits per heavy atom. The van der Waals surface area contributed by atoms with Crippen LogP contribution in [-0.4, -0.2) is 43.4 Å². The molecule has 0 fully saturated rings. The van der Waals surface area contributed by atoms with Crippen LogP contribution in [0.1, 0.15) is 13.3 Å². The molecule has 21 heavy (non-hydrogen) atoms. The molecule has 0 heterocycles. The van der Waals surface area contributed by atoms with E-state index >= 15 is 0 Å². The molecule has 0 saturated carbocycles. The normalized spacial score (nSPS) is 10.5. The van der Waals surface area contributed by atoms with Crippen molar-refractivity contribution < 1.29 is 9.59 Å². The fraction of sp³-hybridized carbons (Fsp3) is 0.429. The predicted molar refractivity (Wildman–Crippen MR) is 85.3 cm³/mol. The monoisotopic (exact) mass is 312 g/mol. The molecule has 1 rings (SSSR count). The molecule has 0 aliphatic carbocycles. The molecular formula is C14H21ClN4O2. The van der Waals surface area contributed by atoms with Crippen LogP contribution in [0, 0.1) is 0 Å². The number of hydrogen-bond donors (Lipinski definition) is 3. The van der Waals surface area contributed by atoms with Crippen LogP contribution in [0.2, 0.25) is 5.02 Å². The summed E-state index contributed by atoms with van der Waals surface area (Å²) in [7, 11) is 1.79. The summed E-state index contributed by atoms with van der Waals surface area (Å²) in [6, 6.07) is 4.90. The van der Waals surface area contributed by atoms with Gasteiger partial charge in [0.2, 0.25) is 11.8 Å². The summed E-state index contributed by atoms with van der Waals surface area (Å²) in [4.78, 5) is 25.0. The minimum atomic E-state index is -0.174. The van der Waals surface area contributed by atoms with E-state index in [1.807, 2.05) is 6.92 Å². The van der Waals surface area contributed by atoms with Crippen molar-refractivity contribution in [3.05, 3.63) is 23.2 Å². The molecule has 0 spiro atoms. The molecule has 7 heteroatoms. The van der Waals surface area contributed by atoms with E-state index in [1.165, 1.54) is 0 Å². The number of benzene rings is 1. The van der Waals surface area contributed by atoms with Gasteiger partial charge in [-0.1, -0.05) is 11.6 Å². The lowest BCUT2D eigenvalue weighted by molar-refractivity contribution is -0.122. The molecule has 0 radical (unpaired) electrons. The van der Waals surface area contributed by atoms with E-state index in [0.717, 1.165) is 0 Å². The quantitative estimate of drug-likeness (QED) is 0.663. The lowest BCUT2D eigenvalue weighted by Crippen LogP contribution is -2.36. The minimum absolute atomic E-state index is 0.0560. The molecule has 0 unspecified atom stereocenters. The Hall–Kier alpha value is -1.79. The fourth-order valence-corrected chi connectivity index (χ4v) is 1.89. The smallest absolute Gasteiger partial charge is 0.234 e. The van der Waals surface area contributed by atoms with E-state index < -0.39 is 0 Å². The van der Waals surface area contributed by atoms with E-state index in [0.29, 0.717) is 29.5 Å². The first-order chi connectivity index (χ1) is 9.92. The third-order valence-corrected chi connectivity index (χ3v) is 3.03. The molecule has 0 aromatic heterocycles. The van der Waals surface area contributed by atoms with Crippen LogP contribution in [0.4, 0.5) is 11.4 Å². The first-order valence-electron chi connectivity index (χ1n) is 6.72. The zero-order valence-corrected chi connectivity index (χ0v) is 13.0. The standard InChI is InChI=1S/C14H21ClN4O2/c1-3-17-14(21)9-19(2)7-6-13(20)18-12-8-10(15)4-5-11(12)16/h4-5,8H,3,6-7,9,16H2,1-2H3,(H,17,21)(H,18,20). The van der Waals surface area contributed by atoms with Gasteiger partial charge in [-0.05, 0) is 32.2 Å². The number of amides is 2. The summed E-state index contributed by atoms with van der Waals surface area (Å²) in [6.45, 7) is 3.20. The highest BCUT2D eigenvalue weighted by atomic mass is 35.5. The van der Waals surface area contributed by atoms with Gasteiger partial charge >= 0.3 is 0 Å². The number of nitrogens with one attached hydrogen (secondary N) is 2. The van der Waals surface area contributed by atoms with Crippen molar-refractivity contribution >= 4 is 34.8 Å². The summed E-state index contributed by atoms with van der Waals surface area (Å²) >= 11 is 5.86. The molecule has 0 atom stereocenters. The molecule has 6 nitrogen and oxygen atoms in total. The Balaban J connectivity index is 2.40. The second-order valence-electron chi connectivity index (χ2n) is 4.72. The van der Waals surface area contributed by atoms with Gasteiger partial charge in [-0.2, -0.15) is 0 Å². The summed E-state index contributed by atoms with van der Waals surface area (Å²) in [5, 5.41) is 5.92. The zero-order chi connectivity index (χ0) is 15.8. The maximum Gasteiger partial charge on any atom is 0.234 e. The highest BCUT2D eigenvalue weighted by Gasteiger charge is 2.09.